The lowest BCUT2D eigenvalue weighted by Gasteiger charge is -2.28. The van der Waals surface area contributed by atoms with Gasteiger partial charge in [-0.05, 0) is 25.2 Å². The van der Waals surface area contributed by atoms with Crippen molar-refractivity contribution in [3.8, 4) is 0 Å². The molecule has 6 heteroatoms. The normalized spacial score (nSPS) is 16.7. The third-order valence-electron chi connectivity index (χ3n) is 4.10. The minimum atomic E-state index is 0.628. The van der Waals surface area contributed by atoms with Crippen LogP contribution < -0.4 is 15.1 Å². The highest BCUT2D eigenvalue weighted by molar-refractivity contribution is 5.44. The van der Waals surface area contributed by atoms with Gasteiger partial charge in [0, 0.05) is 33.7 Å². The van der Waals surface area contributed by atoms with Crippen LogP contribution in [0.5, 0.6) is 0 Å². The molecular weight excluding hydrogens is 264 g/mol. The van der Waals surface area contributed by atoms with Crippen molar-refractivity contribution in [2.45, 2.75) is 39.5 Å². The maximum Gasteiger partial charge on any atom is 0.231 e. The summed E-state index contributed by atoms with van der Waals surface area (Å²) in [6, 6.07) is 0. The van der Waals surface area contributed by atoms with E-state index >= 15 is 0 Å². The monoisotopic (exact) mass is 292 g/mol. The second-order valence-corrected chi connectivity index (χ2v) is 5.95. The molecule has 1 N–H and O–H groups in total. The van der Waals surface area contributed by atoms with Gasteiger partial charge in [-0.1, -0.05) is 20.3 Å². The first kappa shape index (κ1) is 15.8. The molecule has 1 aromatic heterocycles. The van der Waals surface area contributed by atoms with Crippen molar-refractivity contribution in [3.63, 3.8) is 0 Å². The molecule has 1 atom stereocenters. The summed E-state index contributed by atoms with van der Waals surface area (Å²) in [7, 11) is 3.91. The molecule has 0 saturated carbocycles. The van der Waals surface area contributed by atoms with Crippen LogP contribution in [0.25, 0.3) is 0 Å². The van der Waals surface area contributed by atoms with Crippen molar-refractivity contribution in [1.29, 1.82) is 0 Å². The van der Waals surface area contributed by atoms with Gasteiger partial charge in [0.25, 0.3) is 0 Å². The standard InChI is InChI=1S/C15H28N6/c1-5-12(2)11-20(4)14-17-13(16-3)18-15(19-14)21-9-7-6-8-10-21/h12H,5-11H2,1-4H3,(H,16,17,18,19). The Morgan fingerprint density at radius 3 is 2.52 bits per heavy atom. The zero-order valence-electron chi connectivity index (χ0n) is 13.8. The van der Waals surface area contributed by atoms with E-state index in [1.165, 1.54) is 19.3 Å². The molecule has 2 heterocycles. The van der Waals surface area contributed by atoms with Crippen LogP contribution in [0.3, 0.4) is 0 Å². The zero-order valence-corrected chi connectivity index (χ0v) is 13.8. The SMILES string of the molecule is CCC(C)CN(C)c1nc(NC)nc(N2CCCCC2)n1. The van der Waals surface area contributed by atoms with Gasteiger partial charge in [-0.2, -0.15) is 15.0 Å². The molecule has 0 aromatic carbocycles. The summed E-state index contributed by atoms with van der Waals surface area (Å²) in [6.45, 7) is 7.51. The van der Waals surface area contributed by atoms with E-state index in [1.54, 1.807) is 0 Å². The van der Waals surface area contributed by atoms with Gasteiger partial charge in [0.05, 0.1) is 0 Å². The summed E-state index contributed by atoms with van der Waals surface area (Å²) in [5.41, 5.74) is 0. The summed E-state index contributed by atoms with van der Waals surface area (Å²) in [5.74, 6) is 2.84. The molecule has 1 unspecified atom stereocenters. The average molecular weight is 292 g/mol. The topological polar surface area (TPSA) is 57.2 Å². The van der Waals surface area contributed by atoms with Crippen molar-refractivity contribution >= 4 is 17.8 Å². The Balaban J connectivity index is 2.20. The number of hydrogen-bond acceptors (Lipinski definition) is 6. The number of aromatic nitrogens is 3. The van der Waals surface area contributed by atoms with E-state index in [9.17, 15) is 0 Å². The Morgan fingerprint density at radius 1 is 1.19 bits per heavy atom. The average Bonchev–Trinajstić information content (AvgIpc) is 2.54. The molecule has 1 saturated heterocycles. The van der Waals surface area contributed by atoms with Crippen LogP contribution >= 0.6 is 0 Å². The summed E-state index contributed by atoms with van der Waals surface area (Å²) in [4.78, 5) is 18.1. The Labute approximate surface area is 128 Å². The number of hydrogen-bond donors (Lipinski definition) is 1. The van der Waals surface area contributed by atoms with Gasteiger partial charge in [-0.3, -0.25) is 0 Å². The first-order valence-corrected chi connectivity index (χ1v) is 8.04. The van der Waals surface area contributed by atoms with Crippen molar-refractivity contribution in [2.75, 3.05) is 48.8 Å². The molecule has 1 aliphatic rings. The fraction of sp³-hybridized carbons (Fsp3) is 0.800. The minimum Gasteiger partial charge on any atom is -0.357 e. The van der Waals surface area contributed by atoms with Crippen LogP contribution in [0, 0.1) is 5.92 Å². The quantitative estimate of drug-likeness (QED) is 0.869. The number of nitrogens with one attached hydrogen (secondary N) is 1. The fourth-order valence-electron chi connectivity index (χ4n) is 2.55. The van der Waals surface area contributed by atoms with Crippen molar-refractivity contribution in [2.24, 2.45) is 5.92 Å². The number of anilines is 3. The van der Waals surface area contributed by atoms with Crippen molar-refractivity contribution in [3.05, 3.63) is 0 Å². The zero-order chi connectivity index (χ0) is 15.2. The summed E-state index contributed by atoms with van der Waals surface area (Å²) >= 11 is 0. The smallest absolute Gasteiger partial charge is 0.231 e. The van der Waals surface area contributed by atoms with E-state index in [0.717, 1.165) is 38.0 Å². The van der Waals surface area contributed by atoms with Crippen LogP contribution in [0.2, 0.25) is 0 Å². The van der Waals surface area contributed by atoms with E-state index < -0.39 is 0 Å². The van der Waals surface area contributed by atoms with Crippen LogP contribution in [-0.2, 0) is 0 Å². The Bertz CT molecular complexity index is 444. The Morgan fingerprint density at radius 2 is 1.90 bits per heavy atom. The van der Waals surface area contributed by atoms with Crippen LogP contribution in [-0.4, -0.2) is 48.7 Å². The van der Waals surface area contributed by atoms with E-state index in [-0.39, 0.29) is 0 Å². The molecule has 0 radical (unpaired) electrons. The maximum absolute atomic E-state index is 4.68. The molecule has 0 aliphatic carbocycles. The van der Waals surface area contributed by atoms with Gasteiger partial charge in [-0.15, -0.1) is 0 Å². The van der Waals surface area contributed by atoms with Crippen LogP contribution in [0.15, 0.2) is 0 Å². The molecular formula is C15H28N6. The highest BCUT2D eigenvalue weighted by Gasteiger charge is 2.17. The molecule has 0 amide bonds. The largest absolute Gasteiger partial charge is 0.357 e. The summed E-state index contributed by atoms with van der Waals surface area (Å²) < 4.78 is 0. The highest BCUT2D eigenvalue weighted by atomic mass is 15.4. The maximum atomic E-state index is 4.68. The van der Waals surface area contributed by atoms with E-state index in [2.05, 4.69) is 51.0 Å². The molecule has 21 heavy (non-hydrogen) atoms. The second kappa shape index (κ2) is 7.43. The van der Waals surface area contributed by atoms with E-state index in [4.69, 9.17) is 0 Å². The minimum absolute atomic E-state index is 0.628. The van der Waals surface area contributed by atoms with Crippen LogP contribution in [0.1, 0.15) is 39.5 Å². The molecule has 2 rings (SSSR count). The van der Waals surface area contributed by atoms with Gasteiger partial charge in [0.2, 0.25) is 17.8 Å². The fourth-order valence-corrected chi connectivity index (χ4v) is 2.55. The first-order chi connectivity index (χ1) is 10.1. The van der Waals surface area contributed by atoms with Crippen LogP contribution in [0.4, 0.5) is 17.8 Å². The Kier molecular flexibility index (Phi) is 5.59. The second-order valence-electron chi connectivity index (χ2n) is 5.95. The molecule has 6 nitrogen and oxygen atoms in total. The Hall–Kier alpha value is -1.59. The molecule has 0 spiro atoms. The first-order valence-electron chi connectivity index (χ1n) is 8.04. The van der Waals surface area contributed by atoms with Gasteiger partial charge in [0.1, 0.15) is 0 Å². The van der Waals surface area contributed by atoms with Gasteiger partial charge in [0.15, 0.2) is 0 Å². The molecule has 1 aromatic rings. The predicted molar refractivity (Wildman–Crippen MR) is 88.2 cm³/mol. The van der Waals surface area contributed by atoms with Gasteiger partial charge >= 0.3 is 0 Å². The van der Waals surface area contributed by atoms with Gasteiger partial charge in [-0.25, -0.2) is 0 Å². The lowest BCUT2D eigenvalue weighted by Crippen LogP contribution is -2.32. The number of piperidine rings is 1. The third-order valence-corrected chi connectivity index (χ3v) is 4.10. The van der Waals surface area contributed by atoms with E-state index in [0.29, 0.717) is 11.9 Å². The molecule has 1 fully saturated rings. The summed E-state index contributed by atoms with van der Waals surface area (Å²) in [5, 5.41) is 3.05. The number of rotatable bonds is 6. The summed E-state index contributed by atoms with van der Waals surface area (Å²) in [6.07, 6.45) is 4.91. The van der Waals surface area contributed by atoms with E-state index in [1.807, 2.05) is 7.05 Å². The lowest BCUT2D eigenvalue weighted by atomic mass is 10.1. The molecule has 0 bridgehead atoms. The van der Waals surface area contributed by atoms with Gasteiger partial charge < -0.3 is 15.1 Å². The highest BCUT2D eigenvalue weighted by Crippen LogP contribution is 2.20. The van der Waals surface area contributed by atoms with Crippen molar-refractivity contribution in [1.82, 2.24) is 15.0 Å². The third kappa shape index (κ3) is 4.19. The number of nitrogens with zero attached hydrogens (tertiary/aromatic N) is 5. The molecule has 118 valence electrons. The predicted octanol–water partition coefficient (Wildman–Crippen LogP) is 2.39. The lowest BCUT2D eigenvalue weighted by molar-refractivity contribution is 0.551. The van der Waals surface area contributed by atoms with Crippen molar-refractivity contribution < 1.29 is 0 Å². The molecule has 1 aliphatic heterocycles.